The van der Waals surface area contributed by atoms with Crippen molar-refractivity contribution < 1.29 is 0 Å². The molecule has 0 spiro atoms. The van der Waals surface area contributed by atoms with Gasteiger partial charge in [0.25, 0.3) is 0 Å². The van der Waals surface area contributed by atoms with Gasteiger partial charge in [0.1, 0.15) is 5.69 Å². The summed E-state index contributed by atoms with van der Waals surface area (Å²) in [6, 6.07) is 11.6. The standard InChI is InChI=1S/C15H18N6/c1-11-8-13(20(2)18-11)9-14(16)15-10-17-21(19-15)12-6-4-3-5-7-12/h3-8,10,14H,9,16H2,1-2H3. The molecule has 0 aliphatic carbocycles. The normalized spacial score (nSPS) is 12.5. The molecule has 0 aliphatic rings. The summed E-state index contributed by atoms with van der Waals surface area (Å²) in [5.41, 5.74) is 10.0. The van der Waals surface area contributed by atoms with Crippen molar-refractivity contribution in [1.29, 1.82) is 0 Å². The van der Waals surface area contributed by atoms with Gasteiger partial charge in [0.15, 0.2) is 0 Å². The largest absolute Gasteiger partial charge is 0.322 e. The van der Waals surface area contributed by atoms with Gasteiger partial charge in [-0.3, -0.25) is 4.68 Å². The van der Waals surface area contributed by atoms with Crippen LogP contribution in [0.25, 0.3) is 5.69 Å². The second-order valence-corrected chi connectivity index (χ2v) is 5.11. The molecule has 3 rings (SSSR count). The number of hydrogen-bond donors (Lipinski definition) is 1. The summed E-state index contributed by atoms with van der Waals surface area (Å²) in [6.45, 7) is 1.97. The Balaban J connectivity index is 1.78. The SMILES string of the molecule is Cc1cc(CC(N)c2cnn(-c3ccccc3)n2)n(C)n1. The van der Waals surface area contributed by atoms with Gasteiger partial charge in [0, 0.05) is 19.2 Å². The molecule has 2 aromatic heterocycles. The predicted octanol–water partition coefficient (Wildman–Crippen LogP) is 1.55. The first kappa shape index (κ1) is 13.5. The smallest absolute Gasteiger partial charge is 0.100 e. The summed E-state index contributed by atoms with van der Waals surface area (Å²) in [6.07, 6.45) is 2.41. The zero-order valence-corrected chi connectivity index (χ0v) is 12.1. The third kappa shape index (κ3) is 2.85. The van der Waals surface area contributed by atoms with E-state index in [4.69, 9.17) is 5.73 Å². The van der Waals surface area contributed by atoms with Crippen LogP contribution in [0.5, 0.6) is 0 Å². The Morgan fingerprint density at radius 2 is 1.95 bits per heavy atom. The first-order valence-electron chi connectivity index (χ1n) is 6.86. The van der Waals surface area contributed by atoms with Crippen molar-refractivity contribution in [3.63, 3.8) is 0 Å². The number of hydrogen-bond acceptors (Lipinski definition) is 4. The van der Waals surface area contributed by atoms with Crippen LogP contribution in [0.1, 0.15) is 23.1 Å². The zero-order valence-electron chi connectivity index (χ0n) is 12.1. The van der Waals surface area contributed by atoms with Crippen LogP contribution in [0.3, 0.4) is 0 Å². The fraction of sp³-hybridized carbons (Fsp3) is 0.267. The summed E-state index contributed by atoms with van der Waals surface area (Å²) in [5, 5.41) is 13.1. The van der Waals surface area contributed by atoms with E-state index in [1.54, 1.807) is 11.0 Å². The molecule has 0 aliphatic heterocycles. The molecule has 0 fully saturated rings. The van der Waals surface area contributed by atoms with E-state index >= 15 is 0 Å². The Bertz CT molecular complexity index is 728. The molecular formula is C15H18N6. The summed E-state index contributed by atoms with van der Waals surface area (Å²) >= 11 is 0. The Morgan fingerprint density at radius 3 is 2.62 bits per heavy atom. The summed E-state index contributed by atoms with van der Waals surface area (Å²) < 4.78 is 1.86. The minimum Gasteiger partial charge on any atom is -0.322 e. The Kier molecular flexibility index (Phi) is 3.53. The van der Waals surface area contributed by atoms with Gasteiger partial charge in [-0.15, -0.1) is 0 Å². The van der Waals surface area contributed by atoms with Crippen molar-refractivity contribution in [2.45, 2.75) is 19.4 Å². The molecule has 0 bridgehead atoms. The first-order chi connectivity index (χ1) is 10.1. The van der Waals surface area contributed by atoms with Crippen molar-refractivity contribution in [2.24, 2.45) is 12.8 Å². The summed E-state index contributed by atoms with van der Waals surface area (Å²) in [7, 11) is 1.93. The minimum atomic E-state index is -0.197. The van der Waals surface area contributed by atoms with Crippen LogP contribution in [0.15, 0.2) is 42.6 Å². The highest BCUT2D eigenvalue weighted by atomic mass is 15.5. The third-order valence-electron chi connectivity index (χ3n) is 3.40. The number of para-hydroxylation sites is 1. The van der Waals surface area contributed by atoms with Gasteiger partial charge >= 0.3 is 0 Å². The maximum atomic E-state index is 6.24. The van der Waals surface area contributed by atoms with E-state index < -0.39 is 0 Å². The molecule has 6 nitrogen and oxygen atoms in total. The molecule has 0 saturated heterocycles. The van der Waals surface area contributed by atoms with Gasteiger partial charge in [0.2, 0.25) is 0 Å². The van der Waals surface area contributed by atoms with Crippen LogP contribution < -0.4 is 5.73 Å². The van der Waals surface area contributed by atoms with Crippen LogP contribution in [0.4, 0.5) is 0 Å². The van der Waals surface area contributed by atoms with Gasteiger partial charge in [-0.05, 0) is 25.1 Å². The van der Waals surface area contributed by atoms with Crippen molar-refractivity contribution >= 4 is 0 Å². The van der Waals surface area contributed by atoms with Crippen molar-refractivity contribution in [1.82, 2.24) is 24.8 Å². The van der Waals surface area contributed by atoms with E-state index in [9.17, 15) is 0 Å². The molecule has 1 aromatic carbocycles. The highest BCUT2D eigenvalue weighted by molar-refractivity contribution is 5.28. The Hall–Kier alpha value is -2.47. The zero-order chi connectivity index (χ0) is 14.8. The van der Waals surface area contributed by atoms with Gasteiger partial charge in [0.05, 0.1) is 23.6 Å². The molecule has 3 aromatic rings. The van der Waals surface area contributed by atoms with E-state index in [2.05, 4.69) is 15.3 Å². The summed E-state index contributed by atoms with van der Waals surface area (Å²) in [5.74, 6) is 0. The Morgan fingerprint density at radius 1 is 1.19 bits per heavy atom. The average Bonchev–Trinajstić information content (AvgIpc) is 3.07. The quantitative estimate of drug-likeness (QED) is 0.788. The lowest BCUT2D eigenvalue weighted by molar-refractivity contribution is 0.619. The van der Waals surface area contributed by atoms with E-state index in [-0.39, 0.29) is 6.04 Å². The van der Waals surface area contributed by atoms with Crippen molar-refractivity contribution in [3.05, 3.63) is 59.7 Å². The lowest BCUT2D eigenvalue weighted by Gasteiger charge is -2.08. The molecule has 0 saturated carbocycles. The minimum absolute atomic E-state index is 0.197. The lowest BCUT2D eigenvalue weighted by atomic mass is 10.1. The Labute approximate surface area is 123 Å². The van der Waals surface area contributed by atoms with E-state index in [1.807, 2.05) is 55.1 Å². The fourth-order valence-corrected chi connectivity index (χ4v) is 2.32. The van der Waals surface area contributed by atoms with Crippen molar-refractivity contribution in [2.75, 3.05) is 0 Å². The molecule has 21 heavy (non-hydrogen) atoms. The van der Waals surface area contributed by atoms with Crippen LogP contribution in [-0.2, 0) is 13.5 Å². The topological polar surface area (TPSA) is 74.5 Å². The molecule has 2 N–H and O–H groups in total. The predicted molar refractivity (Wildman–Crippen MR) is 79.9 cm³/mol. The van der Waals surface area contributed by atoms with Gasteiger partial charge < -0.3 is 5.73 Å². The maximum absolute atomic E-state index is 6.24. The third-order valence-corrected chi connectivity index (χ3v) is 3.40. The van der Waals surface area contributed by atoms with Crippen LogP contribution in [0.2, 0.25) is 0 Å². The monoisotopic (exact) mass is 282 g/mol. The second kappa shape index (κ2) is 5.49. The number of aromatic nitrogens is 5. The molecular weight excluding hydrogens is 264 g/mol. The van der Waals surface area contributed by atoms with E-state index in [0.717, 1.165) is 22.8 Å². The molecule has 1 atom stereocenters. The number of nitrogens with zero attached hydrogens (tertiary/aromatic N) is 5. The number of benzene rings is 1. The first-order valence-corrected chi connectivity index (χ1v) is 6.86. The van der Waals surface area contributed by atoms with E-state index in [0.29, 0.717) is 6.42 Å². The average molecular weight is 282 g/mol. The van der Waals surface area contributed by atoms with Crippen LogP contribution in [0, 0.1) is 6.92 Å². The second-order valence-electron chi connectivity index (χ2n) is 5.11. The highest BCUT2D eigenvalue weighted by Crippen LogP contribution is 2.15. The van der Waals surface area contributed by atoms with Gasteiger partial charge in [-0.25, -0.2) is 0 Å². The summed E-state index contributed by atoms with van der Waals surface area (Å²) in [4.78, 5) is 1.60. The molecule has 0 radical (unpaired) electrons. The number of aryl methyl sites for hydroxylation is 2. The van der Waals surface area contributed by atoms with Gasteiger partial charge in [-0.2, -0.15) is 20.1 Å². The van der Waals surface area contributed by atoms with E-state index in [1.165, 1.54) is 0 Å². The van der Waals surface area contributed by atoms with Gasteiger partial charge in [-0.1, -0.05) is 18.2 Å². The molecule has 0 amide bonds. The molecule has 1 unspecified atom stereocenters. The van der Waals surface area contributed by atoms with Crippen LogP contribution in [-0.4, -0.2) is 24.8 Å². The molecule has 2 heterocycles. The highest BCUT2D eigenvalue weighted by Gasteiger charge is 2.14. The number of nitrogens with two attached hydrogens (primary N) is 1. The lowest BCUT2D eigenvalue weighted by Crippen LogP contribution is -2.16. The fourth-order valence-electron chi connectivity index (χ4n) is 2.32. The molecule has 6 heteroatoms. The van der Waals surface area contributed by atoms with Crippen molar-refractivity contribution in [3.8, 4) is 5.69 Å². The number of rotatable bonds is 4. The van der Waals surface area contributed by atoms with Crippen LogP contribution >= 0.6 is 0 Å². The molecule has 108 valence electrons. The maximum Gasteiger partial charge on any atom is 0.100 e.